The summed E-state index contributed by atoms with van der Waals surface area (Å²) < 4.78 is 2.22. The van der Waals surface area contributed by atoms with E-state index in [4.69, 9.17) is 33.9 Å². The van der Waals surface area contributed by atoms with Crippen molar-refractivity contribution in [3.8, 4) is 11.4 Å². The first-order valence-corrected chi connectivity index (χ1v) is 7.62. The highest BCUT2D eigenvalue weighted by Gasteiger charge is 2.30. The van der Waals surface area contributed by atoms with E-state index in [0.29, 0.717) is 16.8 Å². The molecule has 0 unspecified atom stereocenters. The van der Waals surface area contributed by atoms with Crippen molar-refractivity contribution >= 4 is 39.9 Å². The van der Waals surface area contributed by atoms with E-state index in [-0.39, 0.29) is 0 Å². The zero-order valence-electron chi connectivity index (χ0n) is 11.2. The van der Waals surface area contributed by atoms with Crippen molar-refractivity contribution in [3.05, 3.63) is 46.4 Å². The highest BCUT2D eigenvalue weighted by atomic mass is 35.5. The summed E-state index contributed by atoms with van der Waals surface area (Å²) in [5.41, 5.74) is 9.22. The first-order valence-electron chi connectivity index (χ1n) is 6.87. The number of fused-ring (bicyclic) bond motifs is 1. The van der Waals surface area contributed by atoms with Crippen LogP contribution < -0.4 is 5.73 Å². The van der Waals surface area contributed by atoms with Crippen LogP contribution in [0.25, 0.3) is 22.4 Å². The quantitative estimate of drug-likeness (QED) is 0.681. The summed E-state index contributed by atoms with van der Waals surface area (Å²) in [7, 11) is 0. The van der Waals surface area contributed by atoms with E-state index in [1.165, 1.54) is 0 Å². The summed E-state index contributed by atoms with van der Waals surface area (Å²) in [6.45, 7) is 0. The molecule has 2 N–H and O–H groups in total. The van der Waals surface area contributed by atoms with Crippen LogP contribution in [-0.2, 0) is 0 Å². The molecule has 0 saturated heterocycles. The number of anilines is 1. The van der Waals surface area contributed by atoms with Crippen LogP contribution in [0.15, 0.2) is 36.4 Å². The maximum absolute atomic E-state index is 6.39. The monoisotopic (exact) mass is 317 g/mol. The van der Waals surface area contributed by atoms with Crippen molar-refractivity contribution in [1.29, 1.82) is 0 Å². The predicted molar refractivity (Wildman–Crippen MR) is 87.9 cm³/mol. The molecule has 5 heteroatoms. The highest BCUT2D eigenvalue weighted by Crippen LogP contribution is 2.44. The lowest BCUT2D eigenvalue weighted by molar-refractivity contribution is 0.775. The van der Waals surface area contributed by atoms with Gasteiger partial charge in [-0.05, 0) is 43.2 Å². The lowest BCUT2D eigenvalue weighted by Crippen LogP contribution is -1.98. The molecule has 106 valence electrons. The second kappa shape index (κ2) is 4.65. The molecule has 1 fully saturated rings. The third-order valence-corrected chi connectivity index (χ3v) is 4.42. The summed E-state index contributed by atoms with van der Waals surface area (Å²) >= 11 is 12.7. The Morgan fingerprint density at radius 1 is 1.10 bits per heavy atom. The maximum Gasteiger partial charge on any atom is 0.142 e. The van der Waals surface area contributed by atoms with Gasteiger partial charge in [-0.1, -0.05) is 29.3 Å². The molecule has 1 saturated carbocycles. The minimum absolute atomic E-state index is 0.457. The number of aromatic nitrogens is 2. The van der Waals surface area contributed by atoms with Crippen LogP contribution in [0.2, 0.25) is 10.0 Å². The molecular formula is C16H13Cl2N3. The molecule has 0 spiro atoms. The summed E-state index contributed by atoms with van der Waals surface area (Å²) in [6.07, 6.45) is 2.30. The smallest absolute Gasteiger partial charge is 0.142 e. The number of nitrogens with zero attached hydrogens (tertiary/aromatic N) is 2. The fourth-order valence-electron chi connectivity index (χ4n) is 2.70. The fraction of sp³-hybridized carbons (Fsp3) is 0.188. The molecule has 2 aromatic carbocycles. The van der Waals surface area contributed by atoms with Crippen LogP contribution in [0, 0.1) is 0 Å². The minimum atomic E-state index is 0.457. The summed E-state index contributed by atoms with van der Waals surface area (Å²) in [6, 6.07) is 11.8. The largest absolute Gasteiger partial charge is 0.399 e. The highest BCUT2D eigenvalue weighted by molar-refractivity contribution is 6.35. The molecule has 21 heavy (non-hydrogen) atoms. The Morgan fingerprint density at radius 3 is 2.62 bits per heavy atom. The number of halogens is 2. The van der Waals surface area contributed by atoms with Gasteiger partial charge < -0.3 is 10.3 Å². The van der Waals surface area contributed by atoms with Gasteiger partial charge in [-0.15, -0.1) is 0 Å². The van der Waals surface area contributed by atoms with Gasteiger partial charge in [-0.3, -0.25) is 0 Å². The normalized spacial score (nSPS) is 14.8. The Bertz CT molecular complexity index is 850. The second-order valence-electron chi connectivity index (χ2n) is 5.38. The van der Waals surface area contributed by atoms with Crippen LogP contribution in [0.5, 0.6) is 0 Å². The van der Waals surface area contributed by atoms with Crippen molar-refractivity contribution in [1.82, 2.24) is 9.55 Å². The standard InChI is InChI=1S/C16H13Cl2N3/c17-12-2-1-3-14-15(12)21(10-5-6-10)16(20-14)11-7-4-9(19)8-13(11)18/h1-4,7-8,10H,5-6,19H2. The fourth-order valence-corrected chi connectivity index (χ4v) is 3.23. The van der Waals surface area contributed by atoms with Gasteiger partial charge in [-0.25, -0.2) is 4.98 Å². The molecule has 0 amide bonds. The number of nitrogens with two attached hydrogens (primary N) is 1. The predicted octanol–water partition coefficient (Wildman–Crippen LogP) is 4.93. The molecule has 0 aliphatic heterocycles. The van der Waals surface area contributed by atoms with E-state index in [2.05, 4.69) is 4.57 Å². The molecular weight excluding hydrogens is 305 g/mol. The molecule has 4 rings (SSSR count). The Balaban J connectivity index is 2.04. The summed E-state index contributed by atoms with van der Waals surface area (Å²) in [5.74, 6) is 0.866. The number of imidazole rings is 1. The Labute approximate surface area is 132 Å². The molecule has 0 radical (unpaired) electrons. The second-order valence-corrected chi connectivity index (χ2v) is 6.20. The summed E-state index contributed by atoms with van der Waals surface area (Å²) in [4.78, 5) is 4.75. The molecule has 1 aliphatic carbocycles. The van der Waals surface area contributed by atoms with Crippen LogP contribution in [0.4, 0.5) is 5.69 Å². The van der Waals surface area contributed by atoms with Gasteiger partial charge in [0.1, 0.15) is 5.82 Å². The average molecular weight is 318 g/mol. The number of hydrogen-bond donors (Lipinski definition) is 1. The van der Waals surface area contributed by atoms with Crippen molar-refractivity contribution < 1.29 is 0 Å². The van der Waals surface area contributed by atoms with E-state index in [1.54, 1.807) is 6.07 Å². The topological polar surface area (TPSA) is 43.8 Å². The summed E-state index contributed by atoms with van der Waals surface area (Å²) in [5, 5.41) is 1.34. The Morgan fingerprint density at radius 2 is 1.90 bits per heavy atom. The van der Waals surface area contributed by atoms with Crippen molar-refractivity contribution in [2.75, 3.05) is 5.73 Å². The number of para-hydroxylation sites is 1. The molecule has 1 aromatic heterocycles. The van der Waals surface area contributed by atoms with E-state index in [1.807, 2.05) is 30.3 Å². The van der Waals surface area contributed by atoms with E-state index < -0.39 is 0 Å². The first kappa shape index (κ1) is 13.0. The molecule has 0 bridgehead atoms. The maximum atomic E-state index is 6.39. The molecule has 0 atom stereocenters. The molecule has 3 aromatic rings. The lowest BCUT2D eigenvalue weighted by Gasteiger charge is -2.10. The lowest BCUT2D eigenvalue weighted by atomic mass is 10.2. The van der Waals surface area contributed by atoms with Gasteiger partial charge >= 0.3 is 0 Å². The average Bonchev–Trinajstić information content (AvgIpc) is 3.20. The number of rotatable bonds is 2. The van der Waals surface area contributed by atoms with Gasteiger partial charge in [0.15, 0.2) is 0 Å². The third-order valence-electron chi connectivity index (χ3n) is 3.81. The van der Waals surface area contributed by atoms with Gasteiger partial charge in [0.2, 0.25) is 0 Å². The Hall–Kier alpha value is -1.71. The molecule has 1 aliphatic rings. The van der Waals surface area contributed by atoms with Crippen molar-refractivity contribution in [2.24, 2.45) is 0 Å². The SMILES string of the molecule is Nc1ccc(-c2nc3cccc(Cl)c3n2C2CC2)c(Cl)c1. The Kier molecular flexibility index (Phi) is 2.88. The zero-order chi connectivity index (χ0) is 14.6. The number of hydrogen-bond acceptors (Lipinski definition) is 2. The van der Waals surface area contributed by atoms with Crippen LogP contribution in [0.3, 0.4) is 0 Å². The van der Waals surface area contributed by atoms with E-state index >= 15 is 0 Å². The number of benzene rings is 2. The van der Waals surface area contributed by atoms with Crippen molar-refractivity contribution in [3.63, 3.8) is 0 Å². The minimum Gasteiger partial charge on any atom is -0.399 e. The third kappa shape index (κ3) is 2.08. The first-order chi connectivity index (χ1) is 10.1. The van der Waals surface area contributed by atoms with Crippen LogP contribution >= 0.6 is 23.2 Å². The van der Waals surface area contributed by atoms with Crippen LogP contribution in [0.1, 0.15) is 18.9 Å². The van der Waals surface area contributed by atoms with Crippen LogP contribution in [-0.4, -0.2) is 9.55 Å². The van der Waals surface area contributed by atoms with Gasteiger partial charge in [0.25, 0.3) is 0 Å². The molecule has 3 nitrogen and oxygen atoms in total. The van der Waals surface area contributed by atoms with Gasteiger partial charge in [0, 0.05) is 17.3 Å². The number of nitrogen functional groups attached to an aromatic ring is 1. The van der Waals surface area contributed by atoms with Gasteiger partial charge in [-0.2, -0.15) is 0 Å². The molecule has 1 heterocycles. The van der Waals surface area contributed by atoms with Crippen molar-refractivity contribution in [2.45, 2.75) is 18.9 Å². The zero-order valence-corrected chi connectivity index (χ0v) is 12.7. The van der Waals surface area contributed by atoms with E-state index in [0.717, 1.165) is 40.3 Å². The van der Waals surface area contributed by atoms with Gasteiger partial charge in [0.05, 0.1) is 21.1 Å². The van der Waals surface area contributed by atoms with E-state index in [9.17, 15) is 0 Å².